The Hall–Kier alpha value is -2.14. The Balaban J connectivity index is 1.19. The van der Waals surface area contributed by atoms with Crippen molar-refractivity contribution in [3.63, 3.8) is 0 Å². The highest BCUT2D eigenvalue weighted by molar-refractivity contribution is 5.91. The van der Waals surface area contributed by atoms with Gasteiger partial charge in [0.25, 0.3) is 0 Å². The number of fused-ring (bicyclic) bond motifs is 1. The number of aromatic nitrogens is 2. The molecule has 1 atom stereocenters. The van der Waals surface area contributed by atoms with Gasteiger partial charge in [0.2, 0.25) is 5.91 Å². The molecule has 154 valence electrons. The van der Waals surface area contributed by atoms with E-state index in [9.17, 15) is 4.79 Å². The number of piperidine rings is 1. The van der Waals surface area contributed by atoms with Crippen LogP contribution in [0.1, 0.15) is 62.1 Å². The summed E-state index contributed by atoms with van der Waals surface area (Å²) in [7, 11) is 0. The first-order valence-electron chi connectivity index (χ1n) is 11.4. The number of likely N-dealkylation sites (tertiary alicyclic amines) is 1. The highest BCUT2D eigenvalue weighted by Gasteiger charge is 2.30. The molecule has 1 saturated carbocycles. The van der Waals surface area contributed by atoms with Crippen molar-refractivity contribution in [2.45, 2.75) is 69.9 Å². The number of rotatable bonds is 4. The number of hydrogen-bond donors (Lipinski definition) is 1. The Bertz CT molecular complexity index is 846. The van der Waals surface area contributed by atoms with Crippen LogP contribution in [0, 0.1) is 5.92 Å². The summed E-state index contributed by atoms with van der Waals surface area (Å²) in [5.41, 5.74) is 3.08. The monoisotopic (exact) mass is 392 g/mol. The molecule has 1 aromatic heterocycles. The zero-order valence-corrected chi connectivity index (χ0v) is 17.2. The van der Waals surface area contributed by atoms with E-state index in [1.807, 2.05) is 12.3 Å². The van der Waals surface area contributed by atoms with Gasteiger partial charge in [0, 0.05) is 31.1 Å². The lowest BCUT2D eigenvalue weighted by molar-refractivity contribution is -0.119. The van der Waals surface area contributed by atoms with Crippen LogP contribution in [0.25, 0.3) is 0 Å². The fourth-order valence-electron chi connectivity index (χ4n) is 5.61. The SMILES string of the molecule is O=C(Nc1ccnn1C1CCN([C@H]2CCc3ccccc3C2)CC1)C1CCCC1. The van der Waals surface area contributed by atoms with Crippen LogP contribution >= 0.6 is 0 Å². The van der Waals surface area contributed by atoms with Gasteiger partial charge in [-0.05, 0) is 56.1 Å². The van der Waals surface area contributed by atoms with E-state index in [1.54, 1.807) is 0 Å². The molecule has 0 radical (unpaired) electrons. The molecule has 5 nitrogen and oxygen atoms in total. The first-order chi connectivity index (χ1) is 14.3. The molecular weight excluding hydrogens is 360 g/mol. The Morgan fingerprint density at radius 2 is 1.69 bits per heavy atom. The second-order valence-corrected chi connectivity index (χ2v) is 9.06. The third-order valence-electron chi connectivity index (χ3n) is 7.33. The van der Waals surface area contributed by atoms with Gasteiger partial charge in [-0.1, -0.05) is 37.1 Å². The summed E-state index contributed by atoms with van der Waals surface area (Å²) < 4.78 is 2.07. The number of aryl methyl sites for hydroxylation is 1. The number of anilines is 1. The molecule has 1 saturated heterocycles. The van der Waals surface area contributed by atoms with Gasteiger partial charge >= 0.3 is 0 Å². The average molecular weight is 393 g/mol. The Kier molecular flexibility index (Phi) is 5.40. The lowest BCUT2D eigenvalue weighted by atomic mass is 9.86. The predicted molar refractivity (Wildman–Crippen MR) is 115 cm³/mol. The molecule has 1 aromatic carbocycles. The number of amides is 1. The Labute approximate surface area is 173 Å². The van der Waals surface area contributed by atoms with Crippen LogP contribution in [0.4, 0.5) is 5.82 Å². The molecule has 2 aliphatic carbocycles. The highest BCUT2D eigenvalue weighted by atomic mass is 16.2. The fourth-order valence-corrected chi connectivity index (χ4v) is 5.61. The van der Waals surface area contributed by atoms with Crippen molar-refractivity contribution in [2.75, 3.05) is 18.4 Å². The number of carbonyl (C=O) groups excluding carboxylic acids is 1. The number of hydrogen-bond acceptors (Lipinski definition) is 3. The van der Waals surface area contributed by atoms with Crippen LogP contribution < -0.4 is 5.32 Å². The van der Waals surface area contributed by atoms with E-state index in [0.717, 1.165) is 44.6 Å². The smallest absolute Gasteiger partial charge is 0.228 e. The second kappa shape index (κ2) is 8.31. The van der Waals surface area contributed by atoms with Crippen molar-refractivity contribution in [1.82, 2.24) is 14.7 Å². The lowest BCUT2D eigenvalue weighted by Gasteiger charge is -2.40. The normalized spacial score (nSPS) is 23.8. The van der Waals surface area contributed by atoms with E-state index < -0.39 is 0 Å². The quantitative estimate of drug-likeness (QED) is 0.848. The van der Waals surface area contributed by atoms with E-state index in [2.05, 4.69) is 44.3 Å². The number of carbonyl (C=O) groups is 1. The van der Waals surface area contributed by atoms with E-state index in [0.29, 0.717) is 12.1 Å². The van der Waals surface area contributed by atoms with Crippen LogP contribution in [0.5, 0.6) is 0 Å². The molecule has 1 aliphatic heterocycles. The maximum absolute atomic E-state index is 12.5. The molecule has 0 bridgehead atoms. The molecule has 1 N–H and O–H groups in total. The van der Waals surface area contributed by atoms with Crippen LogP contribution in [-0.2, 0) is 17.6 Å². The summed E-state index contributed by atoms with van der Waals surface area (Å²) in [5.74, 6) is 1.25. The number of nitrogens with zero attached hydrogens (tertiary/aromatic N) is 3. The van der Waals surface area contributed by atoms with Crippen LogP contribution in [-0.4, -0.2) is 39.7 Å². The summed E-state index contributed by atoms with van der Waals surface area (Å²) in [4.78, 5) is 15.2. The molecule has 0 unspecified atom stereocenters. The van der Waals surface area contributed by atoms with Crippen molar-refractivity contribution >= 4 is 11.7 Å². The van der Waals surface area contributed by atoms with Crippen LogP contribution in [0.2, 0.25) is 0 Å². The zero-order chi connectivity index (χ0) is 19.6. The molecule has 5 rings (SSSR count). The second-order valence-electron chi connectivity index (χ2n) is 9.06. The topological polar surface area (TPSA) is 50.2 Å². The molecule has 2 fully saturated rings. The summed E-state index contributed by atoms with van der Waals surface area (Å²) in [6.45, 7) is 2.24. The Morgan fingerprint density at radius 1 is 0.931 bits per heavy atom. The minimum Gasteiger partial charge on any atom is -0.311 e. The molecule has 2 aromatic rings. The minimum absolute atomic E-state index is 0.183. The van der Waals surface area contributed by atoms with Gasteiger partial charge < -0.3 is 5.32 Å². The third kappa shape index (κ3) is 3.97. The van der Waals surface area contributed by atoms with E-state index in [1.165, 1.54) is 43.2 Å². The van der Waals surface area contributed by atoms with Crippen LogP contribution in [0.3, 0.4) is 0 Å². The summed E-state index contributed by atoms with van der Waals surface area (Å²) >= 11 is 0. The molecule has 1 amide bonds. The van der Waals surface area contributed by atoms with Crippen LogP contribution in [0.15, 0.2) is 36.5 Å². The van der Waals surface area contributed by atoms with Gasteiger partial charge in [0.05, 0.1) is 12.2 Å². The lowest BCUT2D eigenvalue weighted by Crippen LogP contribution is -2.44. The standard InChI is InChI=1S/C24H32N4O/c29-24(19-6-2-3-7-19)26-23-11-14-25-28(23)21-12-15-27(16-13-21)22-10-9-18-5-1-4-8-20(18)17-22/h1,4-5,8,11,14,19,21-22H,2-3,6-7,9-10,12-13,15-17H2,(H,26,29)/t22-/m0/s1. The summed E-state index contributed by atoms with van der Waals surface area (Å²) in [5, 5.41) is 7.73. The van der Waals surface area contributed by atoms with E-state index in [4.69, 9.17) is 0 Å². The molecule has 3 aliphatic rings. The maximum Gasteiger partial charge on any atom is 0.228 e. The Morgan fingerprint density at radius 3 is 2.48 bits per heavy atom. The largest absolute Gasteiger partial charge is 0.311 e. The zero-order valence-electron chi connectivity index (χ0n) is 17.2. The molecule has 2 heterocycles. The van der Waals surface area contributed by atoms with E-state index in [-0.39, 0.29) is 11.8 Å². The van der Waals surface area contributed by atoms with E-state index >= 15 is 0 Å². The highest BCUT2D eigenvalue weighted by Crippen LogP contribution is 2.31. The summed E-state index contributed by atoms with van der Waals surface area (Å²) in [6.07, 6.45) is 12.1. The minimum atomic E-state index is 0.183. The predicted octanol–water partition coefficient (Wildman–Crippen LogP) is 4.21. The van der Waals surface area contributed by atoms with Crippen molar-refractivity contribution in [3.05, 3.63) is 47.7 Å². The van der Waals surface area contributed by atoms with Gasteiger partial charge in [-0.25, -0.2) is 4.68 Å². The third-order valence-corrected chi connectivity index (χ3v) is 7.33. The van der Waals surface area contributed by atoms with Crippen molar-refractivity contribution < 1.29 is 4.79 Å². The van der Waals surface area contributed by atoms with Gasteiger partial charge in [0.15, 0.2) is 0 Å². The molecular formula is C24H32N4O. The molecule has 0 spiro atoms. The number of nitrogens with one attached hydrogen (secondary N) is 1. The van der Waals surface area contributed by atoms with Crippen molar-refractivity contribution in [2.24, 2.45) is 5.92 Å². The van der Waals surface area contributed by atoms with Gasteiger partial charge in [0.1, 0.15) is 5.82 Å². The number of benzene rings is 1. The first-order valence-corrected chi connectivity index (χ1v) is 11.4. The molecule has 5 heteroatoms. The molecule has 29 heavy (non-hydrogen) atoms. The average Bonchev–Trinajstić information content (AvgIpc) is 3.46. The van der Waals surface area contributed by atoms with Gasteiger partial charge in [-0.15, -0.1) is 0 Å². The van der Waals surface area contributed by atoms with Gasteiger partial charge in [-0.3, -0.25) is 9.69 Å². The van der Waals surface area contributed by atoms with Crippen molar-refractivity contribution in [3.8, 4) is 0 Å². The van der Waals surface area contributed by atoms with Gasteiger partial charge in [-0.2, -0.15) is 5.10 Å². The summed E-state index contributed by atoms with van der Waals surface area (Å²) in [6, 6.07) is 11.9. The fraction of sp³-hybridized carbons (Fsp3) is 0.583. The van der Waals surface area contributed by atoms with Crippen molar-refractivity contribution in [1.29, 1.82) is 0 Å². The maximum atomic E-state index is 12.5. The first kappa shape index (κ1) is 18.9.